The van der Waals surface area contributed by atoms with Crippen LogP contribution >= 0.6 is 23.2 Å². The number of alkyl halides is 2. The molecule has 98 valence electrons. The molecular formula is C11H12Cl2N2O3. The molecule has 1 saturated carbocycles. The Morgan fingerprint density at radius 2 is 2.11 bits per heavy atom. The fourth-order valence-corrected chi connectivity index (χ4v) is 2.05. The third-order valence-corrected chi connectivity index (χ3v) is 3.98. The average Bonchev–Trinajstić information content (AvgIpc) is 2.76. The zero-order valence-electron chi connectivity index (χ0n) is 9.70. The van der Waals surface area contributed by atoms with Crippen LogP contribution in [-0.2, 0) is 14.3 Å². The van der Waals surface area contributed by atoms with Crippen molar-refractivity contribution in [1.29, 1.82) is 5.26 Å². The number of nitriles is 1. The van der Waals surface area contributed by atoms with E-state index in [2.05, 4.69) is 6.58 Å². The van der Waals surface area contributed by atoms with E-state index in [0.717, 1.165) is 0 Å². The number of carbonyl (C=O) groups is 2. The quantitative estimate of drug-likeness (QED) is 0.608. The Morgan fingerprint density at radius 1 is 1.61 bits per heavy atom. The van der Waals surface area contributed by atoms with Crippen LogP contribution in [0, 0.1) is 22.7 Å². The molecule has 7 heteroatoms. The van der Waals surface area contributed by atoms with Gasteiger partial charge in [0, 0.05) is 12.1 Å². The number of hydrogen-bond donors (Lipinski definition) is 1. The number of carbonyl (C=O) groups excluding carboxylic acids is 2. The van der Waals surface area contributed by atoms with Crippen molar-refractivity contribution in [2.45, 2.75) is 17.7 Å². The molecule has 0 saturated heterocycles. The molecule has 0 aromatic heterocycles. The number of halogens is 2. The van der Waals surface area contributed by atoms with Gasteiger partial charge in [-0.15, -0.1) is 23.2 Å². The van der Waals surface area contributed by atoms with Gasteiger partial charge in [0.05, 0.1) is 6.07 Å². The van der Waals surface area contributed by atoms with Crippen molar-refractivity contribution < 1.29 is 14.3 Å². The van der Waals surface area contributed by atoms with E-state index < -0.39 is 34.0 Å². The molecule has 1 rings (SSSR count). The molecular weight excluding hydrogens is 279 g/mol. The smallest absolute Gasteiger partial charge is 0.315 e. The van der Waals surface area contributed by atoms with Gasteiger partial charge >= 0.3 is 5.97 Å². The summed E-state index contributed by atoms with van der Waals surface area (Å²) in [7, 11) is 0. The monoisotopic (exact) mass is 290 g/mol. The highest BCUT2D eigenvalue weighted by molar-refractivity contribution is 6.53. The van der Waals surface area contributed by atoms with Gasteiger partial charge in [0.15, 0.2) is 12.4 Å². The van der Waals surface area contributed by atoms with E-state index in [9.17, 15) is 9.59 Å². The molecule has 1 aliphatic carbocycles. The topological polar surface area (TPSA) is 93.2 Å². The number of hydrogen-bond acceptors (Lipinski definition) is 5. The Kier molecular flexibility index (Phi) is 3.94. The van der Waals surface area contributed by atoms with E-state index in [1.807, 2.05) is 0 Å². The van der Waals surface area contributed by atoms with Gasteiger partial charge in [0.25, 0.3) is 0 Å². The zero-order valence-corrected chi connectivity index (χ0v) is 11.2. The lowest BCUT2D eigenvalue weighted by Crippen LogP contribution is -2.28. The second-order valence-corrected chi connectivity index (χ2v) is 5.88. The summed E-state index contributed by atoms with van der Waals surface area (Å²) in [5.74, 6) is -2.47. The van der Waals surface area contributed by atoms with Crippen LogP contribution in [-0.4, -0.2) is 22.7 Å². The van der Waals surface area contributed by atoms with Gasteiger partial charge < -0.3 is 10.5 Å². The van der Waals surface area contributed by atoms with Gasteiger partial charge in [-0.2, -0.15) is 5.26 Å². The van der Waals surface area contributed by atoms with Crippen molar-refractivity contribution in [2.24, 2.45) is 17.1 Å². The molecule has 0 radical (unpaired) electrons. The number of allylic oxidation sites excluding steroid dienone is 1. The van der Waals surface area contributed by atoms with E-state index in [-0.39, 0.29) is 12.1 Å². The van der Waals surface area contributed by atoms with Crippen LogP contribution in [0.5, 0.6) is 0 Å². The number of rotatable bonds is 5. The van der Waals surface area contributed by atoms with Crippen molar-refractivity contribution in [2.75, 3.05) is 6.61 Å². The van der Waals surface area contributed by atoms with E-state index in [4.69, 9.17) is 38.9 Å². The SMILES string of the molecule is C=C(N)[C@H](C#N)C(=O)COC(=O)[C@@]1(C)CC1(Cl)Cl. The van der Waals surface area contributed by atoms with Gasteiger partial charge in [0.2, 0.25) is 0 Å². The van der Waals surface area contributed by atoms with Gasteiger partial charge in [-0.05, 0) is 6.92 Å². The van der Waals surface area contributed by atoms with Crippen LogP contribution in [0.1, 0.15) is 13.3 Å². The van der Waals surface area contributed by atoms with Crippen molar-refractivity contribution in [3.8, 4) is 6.07 Å². The Morgan fingerprint density at radius 3 is 2.44 bits per heavy atom. The fraction of sp³-hybridized carbons (Fsp3) is 0.545. The molecule has 1 fully saturated rings. The van der Waals surface area contributed by atoms with Crippen LogP contribution in [0.25, 0.3) is 0 Å². The molecule has 0 heterocycles. The summed E-state index contributed by atoms with van der Waals surface area (Å²) in [5.41, 5.74) is 4.19. The number of nitrogens with zero attached hydrogens (tertiary/aromatic N) is 1. The van der Waals surface area contributed by atoms with E-state index >= 15 is 0 Å². The minimum atomic E-state index is -1.18. The molecule has 0 aliphatic heterocycles. The van der Waals surface area contributed by atoms with Crippen LogP contribution in [0.2, 0.25) is 0 Å². The number of ketones is 1. The first kappa shape index (κ1) is 14.8. The summed E-state index contributed by atoms with van der Waals surface area (Å²) in [4.78, 5) is 23.2. The lowest BCUT2D eigenvalue weighted by Gasteiger charge is -2.12. The molecule has 0 unspecified atom stereocenters. The highest BCUT2D eigenvalue weighted by atomic mass is 35.5. The van der Waals surface area contributed by atoms with Gasteiger partial charge in [-0.25, -0.2) is 0 Å². The maximum atomic E-state index is 11.6. The van der Waals surface area contributed by atoms with Crippen LogP contribution in [0.15, 0.2) is 12.3 Å². The van der Waals surface area contributed by atoms with Gasteiger partial charge in [-0.1, -0.05) is 6.58 Å². The summed E-state index contributed by atoms with van der Waals surface area (Å²) in [6, 6.07) is 1.68. The Labute approximate surface area is 114 Å². The average molecular weight is 291 g/mol. The molecule has 2 atom stereocenters. The molecule has 0 aromatic rings. The molecule has 2 N–H and O–H groups in total. The largest absolute Gasteiger partial charge is 0.457 e. The zero-order chi connectivity index (χ0) is 14.1. The van der Waals surface area contributed by atoms with Crippen LogP contribution < -0.4 is 5.73 Å². The van der Waals surface area contributed by atoms with Crippen molar-refractivity contribution in [1.82, 2.24) is 0 Å². The van der Waals surface area contributed by atoms with Gasteiger partial charge in [0.1, 0.15) is 15.7 Å². The van der Waals surface area contributed by atoms with E-state index in [1.54, 1.807) is 13.0 Å². The van der Waals surface area contributed by atoms with Crippen molar-refractivity contribution in [3.05, 3.63) is 12.3 Å². The van der Waals surface area contributed by atoms with Crippen LogP contribution in [0.4, 0.5) is 0 Å². The van der Waals surface area contributed by atoms with Crippen molar-refractivity contribution >= 4 is 35.0 Å². The molecule has 5 nitrogen and oxygen atoms in total. The predicted octanol–water partition coefficient (Wildman–Crippen LogP) is 1.29. The first-order valence-electron chi connectivity index (χ1n) is 5.07. The summed E-state index contributed by atoms with van der Waals surface area (Å²) in [6.07, 6.45) is 0.265. The fourth-order valence-electron chi connectivity index (χ4n) is 1.36. The Bertz CT molecular complexity index is 456. The highest BCUT2D eigenvalue weighted by Crippen LogP contribution is 2.64. The molecule has 18 heavy (non-hydrogen) atoms. The summed E-state index contributed by atoms with van der Waals surface area (Å²) in [5, 5.41) is 8.69. The molecule has 0 amide bonds. The molecule has 0 spiro atoms. The van der Waals surface area contributed by atoms with Gasteiger partial charge in [-0.3, -0.25) is 9.59 Å². The maximum absolute atomic E-state index is 11.6. The number of Topliss-reactive ketones (excluding diaryl/α,β-unsaturated/α-hetero) is 1. The minimum absolute atomic E-state index is 0.0831. The molecule has 1 aliphatic rings. The highest BCUT2D eigenvalue weighted by Gasteiger charge is 2.69. The molecule has 0 aromatic carbocycles. The standard InChI is InChI=1S/C11H12Cl2N2O3/c1-6(15)7(3-14)8(16)4-18-9(17)10(2)5-11(10,12)13/h7H,1,4-5,15H2,2H3/t7-,10+/m0/s1. The predicted molar refractivity (Wildman–Crippen MR) is 65.6 cm³/mol. The number of esters is 1. The lowest BCUT2D eigenvalue weighted by molar-refractivity contribution is -0.153. The second kappa shape index (κ2) is 4.79. The van der Waals surface area contributed by atoms with E-state index in [1.165, 1.54) is 0 Å². The van der Waals surface area contributed by atoms with Crippen LogP contribution in [0.3, 0.4) is 0 Å². The Balaban J connectivity index is 2.53. The lowest BCUT2D eigenvalue weighted by atomic mass is 10.0. The molecule has 0 bridgehead atoms. The first-order chi connectivity index (χ1) is 8.15. The third kappa shape index (κ3) is 2.60. The normalized spacial score (nSPS) is 25.7. The summed E-state index contributed by atoms with van der Waals surface area (Å²) in [6.45, 7) is 4.31. The second-order valence-electron chi connectivity index (χ2n) is 4.39. The summed E-state index contributed by atoms with van der Waals surface area (Å²) >= 11 is 11.6. The minimum Gasteiger partial charge on any atom is -0.457 e. The number of nitrogens with two attached hydrogens (primary N) is 1. The third-order valence-electron chi connectivity index (χ3n) is 2.88. The number of ether oxygens (including phenoxy) is 1. The Hall–Kier alpha value is -1.25. The maximum Gasteiger partial charge on any atom is 0.315 e. The first-order valence-corrected chi connectivity index (χ1v) is 5.83. The van der Waals surface area contributed by atoms with E-state index in [0.29, 0.717) is 0 Å². The van der Waals surface area contributed by atoms with Crippen molar-refractivity contribution in [3.63, 3.8) is 0 Å². The summed E-state index contributed by atoms with van der Waals surface area (Å²) < 4.78 is 3.64.